The van der Waals surface area contributed by atoms with Crippen molar-refractivity contribution in [2.45, 2.75) is 52.7 Å². The van der Waals surface area contributed by atoms with Crippen molar-refractivity contribution in [2.24, 2.45) is 0 Å². The Morgan fingerprint density at radius 2 is 2.00 bits per heavy atom. The van der Waals surface area contributed by atoms with Crippen LogP contribution >= 0.6 is 0 Å². The number of benzene rings is 1. The lowest BCUT2D eigenvalue weighted by Gasteiger charge is -2.23. The fourth-order valence-corrected chi connectivity index (χ4v) is 3.38. The van der Waals surface area contributed by atoms with Gasteiger partial charge < -0.3 is 15.0 Å². The zero-order valence-electron chi connectivity index (χ0n) is 15.7. The number of nitrogens with zero attached hydrogens (tertiary/aromatic N) is 2. The molecule has 1 aliphatic rings. The molecule has 3 rings (SSSR count). The molecule has 2 aromatic rings. The minimum Gasteiger partial charge on any atom is -0.444 e. The number of alkyl carbamates (subject to hydrolysis) is 1. The van der Waals surface area contributed by atoms with Crippen molar-refractivity contribution in [1.29, 1.82) is 0 Å². The number of hydrogen-bond acceptors (Lipinski definition) is 4. The number of amides is 1. The molecule has 1 aromatic heterocycles. The molecule has 0 spiro atoms. The Kier molecular flexibility index (Phi) is 4.58. The fraction of sp³-hybridized carbons (Fsp3) is 0.500. The van der Waals surface area contributed by atoms with Crippen molar-refractivity contribution < 1.29 is 9.53 Å². The molecule has 0 saturated carbocycles. The highest BCUT2D eigenvalue weighted by atomic mass is 16.6. The van der Waals surface area contributed by atoms with E-state index in [2.05, 4.69) is 47.2 Å². The van der Waals surface area contributed by atoms with E-state index in [1.165, 1.54) is 22.2 Å². The van der Waals surface area contributed by atoms with Gasteiger partial charge in [-0.1, -0.05) is 6.07 Å². The summed E-state index contributed by atoms with van der Waals surface area (Å²) in [6.07, 6.45) is 2.44. The third-order valence-corrected chi connectivity index (χ3v) is 4.53. The molecule has 1 unspecified atom stereocenters. The molecule has 0 bridgehead atoms. The largest absolute Gasteiger partial charge is 0.444 e. The molecule has 1 saturated heterocycles. The first-order chi connectivity index (χ1) is 11.7. The molecule has 134 valence electrons. The smallest absolute Gasteiger partial charge is 0.407 e. The first-order valence-corrected chi connectivity index (χ1v) is 8.84. The lowest BCUT2D eigenvalue weighted by Crippen LogP contribution is -2.40. The summed E-state index contributed by atoms with van der Waals surface area (Å²) < 4.78 is 5.37. The Morgan fingerprint density at radius 1 is 1.24 bits per heavy atom. The third kappa shape index (κ3) is 3.86. The Bertz CT molecular complexity index is 795. The van der Waals surface area contributed by atoms with E-state index in [-0.39, 0.29) is 12.1 Å². The molecule has 1 aliphatic heterocycles. The number of rotatable bonds is 2. The molecule has 25 heavy (non-hydrogen) atoms. The minimum absolute atomic E-state index is 0.100. The van der Waals surface area contributed by atoms with Gasteiger partial charge in [-0.3, -0.25) is 4.98 Å². The van der Waals surface area contributed by atoms with Gasteiger partial charge in [-0.15, -0.1) is 0 Å². The molecule has 1 fully saturated rings. The van der Waals surface area contributed by atoms with Crippen molar-refractivity contribution >= 4 is 22.7 Å². The number of carbonyl (C=O) groups excluding carboxylic acids is 1. The van der Waals surface area contributed by atoms with Crippen LogP contribution in [-0.4, -0.2) is 35.8 Å². The molecule has 1 atom stereocenters. The summed E-state index contributed by atoms with van der Waals surface area (Å²) in [5.41, 5.74) is 4.19. The van der Waals surface area contributed by atoms with Crippen LogP contribution in [0.5, 0.6) is 0 Å². The van der Waals surface area contributed by atoms with Crippen LogP contribution < -0.4 is 10.2 Å². The first kappa shape index (κ1) is 17.5. The van der Waals surface area contributed by atoms with E-state index in [4.69, 9.17) is 4.74 Å². The number of anilines is 1. The monoisotopic (exact) mass is 341 g/mol. The predicted octanol–water partition coefficient (Wildman–Crippen LogP) is 3.96. The highest BCUT2D eigenvalue weighted by molar-refractivity contribution is 5.96. The highest BCUT2D eigenvalue weighted by Crippen LogP contribution is 2.32. The summed E-state index contributed by atoms with van der Waals surface area (Å²) in [5.74, 6) is 0. The van der Waals surface area contributed by atoms with Crippen LogP contribution in [0.25, 0.3) is 10.9 Å². The predicted molar refractivity (Wildman–Crippen MR) is 101 cm³/mol. The standard InChI is InChI=1S/C20H27N3O2/c1-13-8-10-21-18-14(2)6-7-16(17(13)18)23-11-9-15(12-23)22-19(24)25-20(3,4)5/h6-8,10,15H,9,11-12H2,1-5H3,(H,22,24). The van der Waals surface area contributed by atoms with Crippen LogP contribution in [0.4, 0.5) is 10.5 Å². The van der Waals surface area contributed by atoms with E-state index >= 15 is 0 Å². The number of aryl methyl sites for hydroxylation is 2. The van der Waals surface area contributed by atoms with Gasteiger partial charge in [-0.25, -0.2) is 4.79 Å². The van der Waals surface area contributed by atoms with Crippen LogP contribution in [0.3, 0.4) is 0 Å². The van der Waals surface area contributed by atoms with Gasteiger partial charge in [0.25, 0.3) is 0 Å². The topological polar surface area (TPSA) is 54.5 Å². The summed E-state index contributed by atoms with van der Waals surface area (Å²) in [4.78, 5) is 18.9. The van der Waals surface area contributed by atoms with Gasteiger partial charge in [0.1, 0.15) is 5.60 Å². The summed E-state index contributed by atoms with van der Waals surface area (Å²) >= 11 is 0. The van der Waals surface area contributed by atoms with Gasteiger partial charge in [-0.2, -0.15) is 0 Å². The number of pyridine rings is 1. The van der Waals surface area contributed by atoms with Crippen molar-refractivity contribution in [3.63, 3.8) is 0 Å². The van der Waals surface area contributed by atoms with Gasteiger partial charge in [-0.05, 0) is 64.3 Å². The number of carbonyl (C=O) groups is 1. The average Bonchev–Trinajstić information content (AvgIpc) is 2.94. The molecule has 0 radical (unpaired) electrons. The lowest BCUT2D eigenvalue weighted by atomic mass is 10.0. The maximum Gasteiger partial charge on any atom is 0.407 e. The average molecular weight is 341 g/mol. The van der Waals surface area contributed by atoms with Gasteiger partial charge in [0.2, 0.25) is 0 Å². The van der Waals surface area contributed by atoms with Gasteiger partial charge >= 0.3 is 6.09 Å². The van der Waals surface area contributed by atoms with E-state index in [9.17, 15) is 4.79 Å². The summed E-state index contributed by atoms with van der Waals surface area (Å²) in [6.45, 7) is 11.5. The first-order valence-electron chi connectivity index (χ1n) is 8.84. The summed E-state index contributed by atoms with van der Waals surface area (Å²) in [5, 5.41) is 4.20. The summed E-state index contributed by atoms with van der Waals surface area (Å²) in [7, 11) is 0. The second-order valence-corrected chi connectivity index (χ2v) is 7.83. The Morgan fingerprint density at radius 3 is 2.72 bits per heavy atom. The minimum atomic E-state index is -0.474. The van der Waals surface area contributed by atoms with Gasteiger partial charge in [0, 0.05) is 30.4 Å². The summed E-state index contributed by atoms with van der Waals surface area (Å²) in [6, 6.07) is 6.45. The molecular formula is C20H27N3O2. The second kappa shape index (κ2) is 6.54. The third-order valence-electron chi connectivity index (χ3n) is 4.53. The lowest BCUT2D eigenvalue weighted by molar-refractivity contribution is 0.0509. The maximum absolute atomic E-state index is 12.0. The van der Waals surface area contributed by atoms with Crippen molar-refractivity contribution in [2.75, 3.05) is 18.0 Å². The zero-order valence-corrected chi connectivity index (χ0v) is 15.7. The molecule has 1 amide bonds. The molecule has 5 nitrogen and oxygen atoms in total. The van der Waals surface area contributed by atoms with Gasteiger partial charge in [0.15, 0.2) is 0 Å². The Hall–Kier alpha value is -2.30. The Labute approximate surface area is 149 Å². The van der Waals surface area contributed by atoms with Crippen LogP contribution in [0.1, 0.15) is 38.3 Å². The number of nitrogens with one attached hydrogen (secondary N) is 1. The highest BCUT2D eigenvalue weighted by Gasteiger charge is 2.27. The molecule has 1 aromatic carbocycles. The molecule has 0 aliphatic carbocycles. The van der Waals surface area contributed by atoms with Crippen molar-refractivity contribution in [3.8, 4) is 0 Å². The van der Waals surface area contributed by atoms with E-state index in [1.807, 2.05) is 27.0 Å². The Balaban J connectivity index is 1.78. The molecule has 2 heterocycles. The molecular weight excluding hydrogens is 314 g/mol. The van der Waals surface area contributed by atoms with E-state index in [1.54, 1.807) is 0 Å². The zero-order chi connectivity index (χ0) is 18.2. The van der Waals surface area contributed by atoms with Crippen molar-refractivity contribution in [1.82, 2.24) is 10.3 Å². The number of aromatic nitrogens is 1. The van der Waals surface area contributed by atoms with E-state index < -0.39 is 5.60 Å². The van der Waals surface area contributed by atoms with Crippen molar-refractivity contribution in [3.05, 3.63) is 35.5 Å². The molecule has 5 heteroatoms. The van der Waals surface area contributed by atoms with Crippen LogP contribution in [0.2, 0.25) is 0 Å². The maximum atomic E-state index is 12.0. The van der Waals surface area contributed by atoms with E-state index in [0.717, 1.165) is 25.0 Å². The van der Waals surface area contributed by atoms with Crippen LogP contribution in [-0.2, 0) is 4.74 Å². The van der Waals surface area contributed by atoms with E-state index in [0.29, 0.717) is 0 Å². The number of fused-ring (bicyclic) bond motifs is 1. The normalized spacial score (nSPS) is 17.8. The second-order valence-electron chi connectivity index (χ2n) is 7.83. The van der Waals surface area contributed by atoms with Crippen LogP contribution in [0, 0.1) is 13.8 Å². The van der Waals surface area contributed by atoms with Gasteiger partial charge in [0.05, 0.1) is 11.6 Å². The SMILES string of the molecule is Cc1ccc(N2CCC(NC(=O)OC(C)(C)C)C2)c2c(C)ccnc12. The quantitative estimate of drug-likeness (QED) is 0.898. The molecule has 1 N–H and O–H groups in total. The van der Waals surface area contributed by atoms with Crippen LogP contribution in [0.15, 0.2) is 24.4 Å². The number of ether oxygens (including phenoxy) is 1. The fourth-order valence-electron chi connectivity index (χ4n) is 3.38. The number of hydrogen-bond donors (Lipinski definition) is 1.